The van der Waals surface area contributed by atoms with Gasteiger partial charge in [0.2, 0.25) is 0 Å². The highest BCUT2D eigenvalue weighted by Crippen LogP contribution is 2.25. The molecule has 0 fully saturated rings. The van der Waals surface area contributed by atoms with Gasteiger partial charge in [-0.15, -0.1) is 10.2 Å². The van der Waals surface area contributed by atoms with Crippen molar-refractivity contribution in [3.8, 4) is 11.6 Å². The Labute approximate surface area is 92.7 Å². The summed E-state index contributed by atoms with van der Waals surface area (Å²) in [7, 11) is 0. The summed E-state index contributed by atoms with van der Waals surface area (Å²) in [5.41, 5.74) is 0. The molecule has 2 aromatic rings. The maximum Gasteiger partial charge on any atom is 0.199 e. The number of aliphatic hydroxyl groups is 1. The lowest BCUT2D eigenvalue weighted by atomic mass is 10.0. The van der Waals surface area contributed by atoms with Crippen molar-refractivity contribution in [1.82, 2.24) is 14.8 Å². The van der Waals surface area contributed by atoms with E-state index in [0.717, 1.165) is 36.8 Å². The van der Waals surface area contributed by atoms with Crippen LogP contribution >= 0.6 is 0 Å². The van der Waals surface area contributed by atoms with E-state index in [2.05, 4.69) is 10.2 Å². The van der Waals surface area contributed by atoms with Crippen LogP contribution in [0.3, 0.4) is 0 Å². The Bertz CT molecular complexity index is 475. The molecular formula is C11H13N3O2. The summed E-state index contributed by atoms with van der Waals surface area (Å²) < 4.78 is 7.37. The number of aromatic nitrogens is 3. The first-order valence-electron chi connectivity index (χ1n) is 5.45. The molecule has 1 atom stereocenters. The fourth-order valence-corrected chi connectivity index (χ4v) is 2.13. The molecule has 0 bridgehead atoms. The largest absolute Gasteiger partial charge is 0.461 e. The van der Waals surface area contributed by atoms with E-state index in [1.54, 1.807) is 6.26 Å². The molecule has 1 aliphatic rings. The number of aryl methyl sites for hydroxylation is 1. The van der Waals surface area contributed by atoms with Gasteiger partial charge in [-0.1, -0.05) is 0 Å². The molecule has 5 heteroatoms. The van der Waals surface area contributed by atoms with E-state index < -0.39 is 0 Å². The summed E-state index contributed by atoms with van der Waals surface area (Å²) in [6.07, 6.45) is 3.48. The molecule has 2 aromatic heterocycles. The first-order valence-corrected chi connectivity index (χ1v) is 5.45. The third-order valence-corrected chi connectivity index (χ3v) is 3.04. The van der Waals surface area contributed by atoms with E-state index in [4.69, 9.17) is 4.42 Å². The standard InChI is InChI=1S/C11H13N3O2/c15-7-8-3-4-10-12-13-11(14(10)6-8)9-2-1-5-16-9/h1-2,5,8,15H,3-4,6-7H2. The van der Waals surface area contributed by atoms with Crippen LogP contribution in [0.25, 0.3) is 11.6 Å². The van der Waals surface area contributed by atoms with Crippen molar-refractivity contribution < 1.29 is 9.52 Å². The predicted octanol–water partition coefficient (Wildman–Crippen LogP) is 1.09. The highest BCUT2D eigenvalue weighted by molar-refractivity contribution is 5.46. The summed E-state index contributed by atoms with van der Waals surface area (Å²) in [5.74, 6) is 2.78. The minimum atomic E-state index is 0.217. The van der Waals surface area contributed by atoms with Gasteiger partial charge in [0.1, 0.15) is 5.82 Å². The van der Waals surface area contributed by atoms with Crippen LogP contribution in [0.1, 0.15) is 12.2 Å². The second-order valence-electron chi connectivity index (χ2n) is 4.12. The van der Waals surface area contributed by atoms with Crippen LogP contribution < -0.4 is 0 Å². The lowest BCUT2D eigenvalue weighted by Crippen LogP contribution is -2.23. The van der Waals surface area contributed by atoms with E-state index >= 15 is 0 Å². The van der Waals surface area contributed by atoms with Gasteiger partial charge in [-0.2, -0.15) is 0 Å². The lowest BCUT2D eigenvalue weighted by Gasteiger charge is -2.21. The van der Waals surface area contributed by atoms with E-state index in [-0.39, 0.29) is 6.61 Å². The molecule has 3 rings (SSSR count). The molecule has 3 heterocycles. The third-order valence-electron chi connectivity index (χ3n) is 3.04. The van der Waals surface area contributed by atoms with E-state index in [1.807, 2.05) is 16.7 Å². The molecule has 16 heavy (non-hydrogen) atoms. The Balaban J connectivity index is 2.00. The van der Waals surface area contributed by atoms with Crippen molar-refractivity contribution in [2.75, 3.05) is 6.61 Å². The first kappa shape index (κ1) is 9.59. The maximum atomic E-state index is 9.20. The van der Waals surface area contributed by atoms with Gasteiger partial charge in [0.15, 0.2) is 11.6 Å². The summed E-state index contributed by atoms with van der Waals surface area (Å²) >= 11 is 0. The number of hydrogen-bond acceptors (Lipinski definition) is 4. The van der Waals surface area contributed by atoms with Gasteiger partial charge < -0.3 is 14.1 Å². The summed E-state index contributed by atoms with van der Waals surface area (Å²) in [5, 5.41) is 17.5. The second-order valence-corrected chi connectivity index (χ2v) is 4.12. The van der Waals surface area contributed by atoms with Crippen LogP contribution in [0.4, 0.5) is 0 Å². The fraction of sp³-hybridized carbons (Fsp3) is 0.455. The molecule has 0 spiro atoms. The zero-order chi connectivity index (χ0) is 11.0. The van der Waals surface area contributed by atoms with Crippen molar-refractivity contribution in [2.45, 2.75) is 19.4 Å². The highest BCUT2D eigenvalue weighted by atomic mass is 16.3. The molecule has 1 N–H and O–H groups in total. The average molecular weight is 219 g/mol. The summed E-state index contributed by atoms with van der Waals surface area (Å²) in [4.78, 5) is 0. The minimum absolute atomic E-state index is 0.217. The zero-order valence-corrected chi connectivity index (χ0v) is 8.83. The normalized spacial score (nSPS) is 19.7. The number of furan rings is 1. The average Bonchev–Trinajstić information content (AvgIpc) is 2.96. The zero-order valence-electron chi connectivity index (χ0n) is 8.83. The number of aliphatic hydroxyl groups excluding tert-OH is 1. The minimum Gasteiger partial charge on any atom is -0.461 e. The number of fused-ring (bicyclic) bond motifs is 1. The molecule has 5 nitrogen and oxygen atoms in total. The molecule has 1 unspecified atom stereocenters. The second kappa shape index (κ2) is 3.75. The van der Waals surface area contributed by atoms with E-state index in [9.17, 15) is 5.11 Å². The Morgan fingerprint density at radius 3 is 3.19 bits per heavy atom. The molecule has 0 saturated carbocycles. The molecule has 0 aromatic carbocycles. The van der Waals surface area contributed by atoms with Crippen LogP contribution in [-0.2, 0) is 13.0 Å². The Kier molecular flexibility index (Phi) is 2.25. The topological polar surface area (TPSA) is 64.1 Å². The Morgan fingerprint density at radius 1 is 1.50 bits per heavy atom. The molecule has 0 saturated heterocycles. The quantitative estimate of drug-likeness (QED) is 0.821. The van der Waals surface area contributed by atoms with Gasteiger partial charge in [-0.05, 0) is 18.6 Å². The van der Waals surface area contributed by atoms with E-state index in [1.165, 1.54) is 0 Å². The first-order chi connectivity index (χ1) is 7.88. The smallest absolute Gasteiger partial charge is 0.199 e. The fourth-order valence-electron chi connectivity index (χ4n) is 2.13. The summed E-state index contributed by atoms with van der Waals surface area (Å²) in [6.45, 7) is 0.990. The van der Waals surface area contributed by atoms with Gasteiger partial charge in [-0.3, -0.25) is 0 Å². The van der Waals surface area contributed by atoms with Gasteiger partial charge in [0, 0.05) is 25.5 Å². The Morgan fingerprint density at radius 2 is 2.44 bits per heavy atom. The van der Waals surface area contributed by atoms with Gasteiger partial charge in [0.25, 0.3) is 0 Å². The molecule has 0 radical (unpaired) electrons. The van der Waals surface area contributed by atoms with Crippen molar-refractivity contribution in [2.24, 2.45) is 5.92 Å². The molecule has 1 aliphatic heterocycles. The van der Waals surface area contributed by atoms with Gasteiger partial charge in [0.05, 0.1) is 6.26 Å². The monoisotopic (exact) mass is 219 g/mol. The number of rotatable bonds is 2. The van der Waals surface area contributed by atoms with Crippen LogP contribution in [0, 0.1) is 5.92 Å². The van der Waals surface area contributed by atoms with Crippen LogP contribution in [0.15, 0.2) is 22.8 Å². The molecule has 84 valence electrons. The maximum absolute atomic E-state index is 9.20. The summed E-state index contributed by atoms with van der Waals surface area (Å²) in [6, 6.07) is 3.71. The number of hydrogen-bond donors (Lipinski definition) is 1. The lowest BCUT2D eigenvalue weighted by molar-refractivity contribution is 0.191. The SMILES string of the molecule is OCC1CCc2nnc(-c3ccco3)n2C1. The van der Waals surface area contributed by atoms with Crippen LogP contribution in [0.2, 0.25) is 0 Å². The van der Waals surface area contributed by atoms with Crippen LogP contribution in [0.5, 0.6) is 0 Å². The highest BCUT2D eigenvalue weighted by Gasteiger charge is 2.23. The molecule has 0 amide bonds. The van der Waals surface area contributed by atoms with Crippen LogP contribution in [-0.4, -0.2) is 26.5 Å². The van der Waals surface area contributed by atoms with Gasteiger partial charge >= 0.3 is 0 Å². The van der Waals surface area contributed by atoms with Crippen molar-refractivity contribution in [3.05, 3.63) is 24.2 Å². The Hall–Kier alpha value is -1.62. The van der Waals surface area contributed by atoms with Gasteiger partial charge in [-0.25, -0.2) is 0 Å². The van der Waals surface area contributed by atoms with Crippen molar-refractivity contribution in [3.63, 3.8) is 0 Å². The molecule has 0 aliphatic carbocycles. The van der Waals surface area contributed by atoms with Crippen molar-refractivity contribution in [1.29, 1.82) is 0 Å². The molecular weight excluding hydrogens is 206 g/mol. The van der Waals surface area contributed by atoms with Crippen molar-refractivity contribution >= 4 is 0 Å². The number of nitrogens with zero attached hydrogens (tertiary/aromatic N) is 3. The van der Waals surface area contributed by atoms with E-state index in [0.29, 0.717) is 5.92 Å². The predicted molar refractivity (Wildman–Crippen MR) is 56.6 cm³/mol. The third kappa shape index (κ3) is 1.44.